The van der Waals surface area contributed by atoms with Crippen molar-refractivity contribution in [2.24, 2.45) is 0 Å². The number of ether oxygens (including phenoxy) is 1. The molecule has 0 spiro atoms. The van der Waals surface area contributed by atoms with Gasteiger partial charge in [0.2, 0.25) is 0 Å². The molecule has 2 heterocycles. The Morgan fingerprint density at radius 1 is 1.20 bits per heavy atom. The van der Waals surface area contributed by atoms with E-state index in [1.165, 1.54) is 29.2 Å². The topological polar surface area (TPSA) is 52.1 Å². The zero-order valence-corrected chi connectivity index (χ0v) is 18.3. The minimum Gasteiger partial charge on any atom is -0.496 e. The molecule has 3 rings (SSSR count). The Bertz CT molecular complexity index is 1080. The van der Waals surface area contributed by atoms with E-state index >= 15 is 0 Å². The molecule has 0 radical (unpaired) electrons. The Morgan fingerprint density at radius 3 is 2.67 bits per heavy atom. The number of thioether (sulfide) groups is 1. The van der Waals surface area contributed by atoms with Crippen LogP contribution in [0.4, 0.5) is 8.78 Å². The lowest BCUT2D eigenvalue weighted by Gasteiger charge is -2.10. The van der Waals surface area contributed by atoms with E-state index in [0.29, 0.717) is 22.1 Å². The van der Waals surface area contributed by atoms with Gasteiger partial charge in [-0.15, -0.1) is 11.3 Å². The van der Waals surface area contributed by atoms with Crippen LogP contribution in [-0.4, -0.2) is 22.9 Å². The van der Waals surface area contributed by atoms with Gasteiger partial charge in [0, 0.05) is 21.9 Å². The number of allylic oxidation sites excluding steroid dienone is 1. The van der Waals surface area contributed by atoms with Crippen molar-refractivity contribution in [1.29, 1.82) is 0 Å². The van der Waals surface area contributed by atoms with Crippen molar-refractivity contribution in [2.75, 3.05) is 7.11 Å². The molecule has 0 aliphatic carbocycles. The molecule has 0 fully saturated rings. The molecule has 8 heteroatoms. The minimum atomic E-state index is -2.64. The van der Waals surface area contributed by atoms with E-state index < -0.39 is 6.43 Å². The highest BCUT2D eigenvalue weighted by Gasteiger charge is 2.13. The number of rotatable bonds is 8. The van der Waals surface area contributed by atoms with Gasteiger partial charge in [-0.25, -0.2) is 18.7 Å². The Morgan fingerprint density at radius 2 is 2.00 bits per heavy atom. The van der Waals surface area contributed by atoms with Crippen molar-refractivity contribution in [3.8, 4) is 5.75 Å². The van der Waals surface area contributed by atoms with Crippen LogP contribution in [0, 0.1) is 13.8 Å². The minimum absolute atomic E-state index is 0.0486. The lowest BCUT2D eigenvalue weighted by Crippen LogP contribution is -1.98. The average molecular weight is 447 g/mol. The van der Waals surface area contributed by atoms with Gasteiger partial charge in [-0.05, 0) is 55.8 Å². The molecule has 0 atom stereocenters. The number of benzene rings is 1. The number of aryl methyl sites for hydroxylation is 2. The number of alkyl halides is 2. The van der Waals surface area contributed by atoms with Crippen molar-refractivity contribution in [2.45, 2.75) is 31.2 Å². The molecule has 4 nitrogen and oxygen atoms in total. The Labute approximate surface area is 182 Å². The van der Waals surface area contributed by atoms with Gasteiger partial charge in [-0.1, -0.05) is 23.9 Å². The van der Waals surface area contributed by atoms with E-state index in [0.717, 1.165) is 16.0 Å². The standard InChI is InChI=1S/C22H20F2N2O2S2/c1-13-10-17(21(23)24)26-22(25-13)29-12-16-11-15(6-8-19(16)28-3)5-7-18(27)20-9-4-14(2)30-20/h4-11,21H,12H2,1-3H3/b7-5+. The summed E-state index contributed by atoms with van der Waals surface area (Å²) < 4.78 is 31.4. The van der Waals surface area contributed by atoms with Crippen LogP contribution >= 0.6 is 23.1 Å². The summed E-state index contributed by atoms with van der Waals surface area (Å²) in [7, 11) is 1.57. The van der Waals surface area contributed by atoms with Crippen molar-refractivity contribution in [1.82, 2.24) is 9.97 Å². The van der Waals surface area contributed by atoms with E-state index in [2.05, 4.69) is 9.97 Å². The summed E-state index contributed by atoms with van der Waals surface area (Å²) >= 11 is 2.72. The van der Waals surface area contributed by atoms with Crippen LogP contribution in [0.15, 0.2) is 47.6 Å². The van der Waals surface area contributed by atoms with Crippen molar-refractivity contribution in [3.05, 3.63) is 74.7 Å². The molecule has 0 aliphatic heterocycles. The molecule has 0 N–H and O–H groups in total. The lowest BCUT2D eigenvalue weighted by atomic mass is 10.1. The van der Waals surface area contributed by atoms with Gasteiger partial charge in [0.15, 0.2) is 10.9 Å². The summed E-state index contributed by atoms with van der Waals surface area (Å²) in [5.41, 5.74) is 1.91. The van der Waals surface area contributed by atoms with Gasteiger partial charge in [-0.3, -0.25) is 4.79 Å². The predicted molar refractivity (Wildman–Crippen MR) is 117 cm³/mol. The molecule has 0 aliphatic rings. The predicted octanol–water partition coefficient (Wildman–Crippen LogP) is 6.29. The maximum atomic E-state index is 13.0. The number of carbonyl (C=O) groups is 1. The molecule has 3 aromatic rings. The molecule has 156 valence electrons. The van der Waals surface area contributed by atoms with E-state index in [4.69, 9.17) is 4.74 Å². The third-order valence-corrected chi connectivity index (χ3v) is 6.06. The molecule has 0 amide bonds. The first kappa shape index (κ1) is 22.1. The van der Waals surface area contributed by atoms with Crippen LogP contribution in [0.1, 0.15) is 43.5 Å². The summed E-state index contributed by atoms with van der Waals surface area (Å²) in [6, 6.07) is 10.6. The summed E-state index contributed by atoms with van der Waals surface area (Å²) in [4.78, 5) is 22.2. The van der Waals surface area contributed by atoms with Crippen molar-refractivity contribution >= 4 is 35.0 Å². The zero-order chi connectivity index (χ0) is 21.7. The molecular formula is C22H20F2N2O2S2. The summed E-state index contributed by atoms with van der Waals surface area (Å²) in [5.74, 6) is 1.06. The SMILES string of the molecule is COc1ccc(/C=C/C(=O)c2ccc(C)s2)cc1CSc1nc(C)cc(C(F)F)n1. The molecule has 2 aromatic heterocycles. The monoisotopic (exact) mass is 446 g/mol. The van der Waals surface area contributed by atoms with E-state index in [-0.39, 0.29) is 16.6 Å². The maximum Gasteiger partial charge on any atom is 0.280 e. The van der Waals surface area contributed by atoms with Crippen LogP contribution in [0.25, 0.3) is 6.08 Å². The van der Waals surface area contributed by atoms with Crippen molar-refractivity contribution < 1.29 is 18.3 Å². The Hall–Kier alpha value is -2.58. The molecule has 0 saturated heterocycles. The Balaban J connectivity index is 1.76. The van der Waals surface area contributed by atoms with E-state index in [1.807, 2.05) is 37.3 Å². The fraction of sp³-hybridized carbons (Fsp3) is 0.227. The first-order chi connectivity index (χ1) is 14.4. The fourth-order valence-corrected chi connectivity index (χ4v) is 4.40. The molecule has 1 aromatic carbocycles. The first-order valence-corrected chi connectivity index (χ1v) is 10.9. The smallest absolute Gasteiger partial charge is 0.280 e. The van der Waals surface area contributed by atoms with Gasteiger partial charge < -0.3 is 4.74 Å². The number of thiophene rings is 1. The largest absolute Gasteiger partial charge is 0.496 e. The molecular weight excluding hydrogens is 426 g/mol. The number of nitrogens with zero attached hydrogens (tertiary/aromatic N) is 2. The molecule has 0 saturated carbocycles. The van der Waals surface area contributed by atoms with Crippen LogP contribution in [0.2, 0.25) is 0 Å². The summed E-state index contributed by atoms with van der Waals surface area (Å²) in [6.07, 6.45) is 0.657. The number of carbonyl (C=O) groups excluding carboxylic acids is 1. The molecule has 30 heavy (non-hydrogen) atoms. The third-order valence-electron chi connectivity index (χ3n) is 4.15. The Kier molecular flexibility index (Phi) is 7.33. The lowest BCUT2D eigenvalue weighted by molar-refractivity contribution is 0.105. The highest BCUT2D eigenvalue weighted by molar-refractivity contribution is 7.98. The van der Waals surface area contributed by atoms with Crippen LogP contribution < -0.4 is 4.74 Å². The van der Waals surface area contributed by atoms with Crippen molar-refractivity contribution in [3.63, 3.8) is 0 Å². The fourth-order valence-electron chi connectivity index (χ4n) is 2.72. The maximum absolute atomic E-state index is 13.0. The second-order valence-electron chi connectivity index (χ2n) is 6.49. The number of methoxy groups -OCH3 is 1. The van der Waals surface area contributed by atoms with Gasteiger partial charge in [0.05, 0.1) is 12.0 Å². The number of hydrogen-bond acceptors (Lipinski definition) is 6. The number of halogens is 2. The first-order valence-electron chi connectivity index (χ1n) is 9.08. The van der Waals surface area contributed by atoms with Crippen LogP contribution in [0.3, 0.4) is 0 Å². The summed E-state index contributed by atoms with van der Waals surface area (Å²) in [5, 5.41) is 0.288. The van der Waals surface area contributed by atoms with Gasteiger partial charge in [-0.2, -0.15) is 0 Å². The zero-order valence-electron chi connectivity index (χ0n) is 16.7. The van der Waals surface area contributed by atoms with Gasteiger partial charge in [0.1, 0.15) is 11.4 Å². The second kappa shape index (κ2) is 9.95. The van der Waals surface area contributed by atoms with Gasteiger partial charge in [0.25, 0.3) is 6.43 Å². The summed E-state index contributed by atoms with van der Waals surface area (Å²) in [6.45, 7) is 3.62. The van der Waals surface area contributed by atoms with Gasteiger partial charge >= 0.3 is 0 Å². The molecule has 0 unspecified atom stereocenters. The molecule has 0 bridgehead atoms. The number of hydrogen-bond donors (Lipinski definition) is 0. The normalized spacial score (nSPS) is 11.4. The number of ketones is 1. The quantitative estimate of drug-likeness (QED) is 0.176. The number of aromatic nitrogens is 2. The van der Waals surface area contributed by atoms with E-state index in [9.17, 15) is 13.6 Å². The second-order valence-corrected chi connectivity index (χ2v) is 8.72. The highest BCUT2D eigenvalue weighted by atomic mass is 32.2. The van der Waals surface area contributed by atoms with Crippen LogP contribution in [0.5, 0.6) is 5.75 Å². The third kappa shape index (κ3) is 5.73. The van der Waals surface area contributed by atoms with E-state index in [1.54, 1.807) is 26.2 Å². The highest BCUT2D eigenvalue weighted by Crippen LogP contribution is 2.29. The average Bonchev–Trinajstić information content (AvgIpc) is 3.16. The van der Waals surface area contributed by atoms with Crippen LogP contribution in [-0.2, 0) is 5.75 Å².